The second-order valence-electron chi connectivity index (χ2n) is 21.9. The predicted octanol–water partition coefficient (Wildman–Crippen LogP) is -7.24. The number of aliphatic hydroxyl groups excluding tert-OH is 8. The monoisotopic (exact) mass is 1290 g/mol. The molecule has 484 valence electrons. The summed E-state index contributed by atoms with van der Waals surface area (Å²) in [4.78, 5) is 115. The van der Waals surface area contributed by atoms with Crippen LogP contribution < -0.4 is 70.8 Å². The van der Waals surface area contributed by atoms with Crippen LogP contribution in [-0.4, -0.2) is 220 Å². The minimum Gasteiger partial charge on any atom is -0.716 e. The molecule has 0 unspecified atom stereocenters. The molecule has 3 fully saturated rings. The molecular weight excluding hydrogens is 1220 g/mol. The number of aromatic hydroxyl groups is 1. The molecule has 34 heteroatoms. The van der Waals surface area contributed by atoms with Crippen molar-refractivity contribution < 1.29 is 140 Å². The fourth-order valence-corrected chi connectivity index (χ4v) is 10.7. The van der Waals surface area contributed by atoms with E-state index >= 15 is 0 Å². The maximum Gasteiger partial charge on any atom is 1.00 e. The number of nitrogens with zero attached hydrogens (tertiary/aromatic N) is 3. The van der Waals surface area contributed by atoms with Gasteiger partial charge in [-0.2, -0.15) is 0 Å². The first kappa shape index (κ1) is 71.7. The van der Waals surface area contributed by atoms with Crippen molar-refractivity contribution >= 4 is 57.7 Å². The molecule has 0 radical (unpaired) electrons. The summed E-state index contributed by atoms with van der Waals surface area (Å²) >= 11 is 0. The number of aliphatic hydroxyl groups is 8. The zero-order valence-electron chi connectivity index (χ0n) is 49.0. The summed E-state index contributed by atoms with van der Waals surface area (Å²) in [5.74, 6) is -13.0. The zero-order valence-corrected chi connectivity index (χ0v) is 51.8. The third-order valence-corrected chi connectivity index (χ3v) is 15.6. The molecule has 0 aliphatic carbocycles. The third kappa shape index (κ3) is 17.8. The molecule has 90 heavy (non-hydrogen) atoms. The number of nitrogens with two attached hydrogens (primary N) is 1. The first-order valence-electron chi connectivity index (χ1n) is 28.1. The molecule has 4 aromatic rings. The van der Waals surface area contributed by atoms with Crippen molar-refractivity contribution in [3.63, 3.8) is 0 Å². The number of hydrogen-bond donors (Lipinski definition) is 15. The van der Waals surface area contributed by atoms with Crippen LogP contribution in [0.3, 0.4) is 0 Å². The van der Waals surface area contributed by atoms with Gasteiger partial charge < -0.3 is 106 Å². The van der Waals surface area contributed by atoms with Crippen molar-refractivity contribution in [1.82, 2.24) is 41.5 Å². The molecule has 0 saturated carbocycles. The van der Waals surface area contributed by atoms with Gasteiger partial charge in [0.15, 0.2) is 23.5 Å². The van der Waals surface area contributed by atoms with Gasteiger partial charge >= 0.3 is 29.6 Å². The van der Waals surface area contributed by atoms with E-state index < -0.39 is 198 Å². The number of phenols is 1. The van der Waals surface area contributed by atoms with Crippen LogP contribution in [0.2, 0.25) is 0 Å². The van der Waals surface area contributed by atoms with Gasteiger partial charge in [-0.25, -0.2) is 8.42 Å². The average molecular weight is 1290 g/mol. The summed E-state index contributed by atoms with van der Waals surface area (Å²) < 4.78 is 49.9. The normalized spacial score (nSPS) is 26.2. The van der Waals surface area contributed by atoms with Crippen LogP contribution in [0.1, 0.15) is 81.3 Å². The molecule has 0 spiro atoms. The van der Waals surface area contributed by atoms with E-state index in [-0.39, 0.29) is 35.1 Å². The number of benzene rings is 3. The SMILES string of the molecule is CCCCCOc1ccc(-c2cc(-c3ccc(C(=O)N[C@H]4C[C@@H](O)[C@@H](O)NC(=O)[C@@H]5[C@@H](O)[C@@H](C)CN5C(=O)[C@H]([C@H](O)CC(N)=O)NC(=O)[C@H]([C@H](O)[C@@H](O)c5ccc(O)c(OS(=O)(=O)[O-])c5)NC(=O)[C@@H]5C[C@@H](O)CN5C(=O)[C@H]([C@@H](C)O)NC4=O)cc3)no2)cc1.[Na+]. The van der Waals surface area contributed by atoms with Gasteiger partial charge in [-0.3, -0.25) is 38.4 Å². The summed E-state index contributed by atoms with van der Waals surface area (Å²) in [6.07, 6.45) is -17.3. The standard InChI is InChI=1S/C56H71N9O23S.Na/c1-4-5-6-17-86-32-14-11-28(12-15-32)39-21-33(63-87-39)27-7-9-29(10-8-27)49(75)58-34-20-38(70)52(78)62-54(80)45-46(72)25(2)23-65(45)56(82)43(37(69)22-41(57)71)60-53(79)44(48(74)47(73)30-13-16-36(68)40(18-30)88-89(83,84)85)61-51(77)35-19-31(67)24-64(35)55(81)42(26(3)66)59-50(34)76;/h7-16,18,21,25-26,31,34-35,37-38,42-48,52,66-70,72-74,78H,4-6,17,19-20,22-24H2,1-3H3,(H2,57,71)(H,58,75)(H,59,76)(H,60,79)(H,61,77)(H,62,80)(H,83,84,85);/q;+1/p-1/t25-,26+,31+,34-,35-,37+,38+,42-,43-,44-,45-,46-,47-,48-,52+;/m0./s1. The van der Waals surface area contributed by atoms with E-state index in [1.807, 2.05) is 10.6 Å². The fourth-order valence-electron chi connectivity index (χ4n) is 10.3. The molecule has 8 amide bonds. The molecule has 4 heterocycles. The number of hydrogen-bond acceptors (Lipinski definition) is 24. The number of nitrogens with one attached hydrogen (secondary N) is 5. The van der Waals surface area contributed by atoms with Gasteiger partial charge in [0.05, 0.1) is 37.4 Å². The topological polar surface area (TPSA) is 513 Å². The molecule has 3 aliphatic heterocycles. The van der Waals surface area contributed by atoms with Crippen molar-refractivity contribution in [2.75, 3.05) is 19.7 Å². The maximum absolute atomic E-state index is 14.7. The molecule has 0 bridgehead atoms. The number of fused-ring (bicyclic) bond motifs is 2. The first-order valence-corrected chi connectivity index (χ1v) is 29.4. The second kappa shape index (κ2) is 31.1. The molecular formula is C56H70N9NaO23S. The Morgan fingerprint density at radius 2 is 1.43 bits per heavy atom. The van der Waals surface area contributed by atoms with E-state index in [4.69, 9.17) is 15.0 Å². The number of phenolic OH excluding ortho intramolecular Hbond substituents is 1. The Labute approximate surface area is 536 Å². The smallest absolute Gasteiger partial charge is 0.716 e. The van der Waals surface area contributed by atoms with Gasteiger partial charge in [0, 0.05) is 54.6 Å². The molecule has 7 rings (SSSR count). The number of ether oxygens (including phenoxy) is 1. The number of primary amides is 1. The minimum atomic E-state index is -5.60. The minimum absolute atomic E-state index is 0. The Morgan fingerprint density at radius 3 is 2.07 bits per heavy atom. The van der Waals surface area contributed by atoms with Crippen molar-refractivity contribution in [2.45, 2.75) is 145 Å². The number of amides is 8. The van der Waals surface area contributed by atoms with Crippen LogP contribution in [-0.2, 0) is 44.0 Å². The molecule has 16 N–H and O–H groups in total. The summed E-state index contributed by atoms with van der Waals surface area (Å²) in [6, 6.07) is 3.38. The van der Waals surface area contributed by atoms with Crippen LogP contribution in [0.25, 0.3) is 22.6 Å². The van der Waals surface area contributed by atoms with Crippen LogP contribution in [0.4, 0.5) is 0 Å². The number of carbonyl (C=O) groups is 8. The average Bonchev–Trinajstić information content (AvgIpc) is 2.24. The Hall–Kier alpha value is -7.38. The van der Waals surface area contributed by atoms with Gasteiger partial charge in [-0.1, -0.05) is 50.0 Å². The molecule has 3 saturated heterocycles. The molecule has 3 aliphatic rings. The van der Waals surface area contributed by atoms with Gasteiger partial charge in [0.25, 0.3) is 16.3 Å². The van der Waals surface area contributed by atoms with Crippen molar-refractivity contribution in [3.8, 4) is 39.8 Å². The summed E-state index contributed by atoms with van der Waals surface area (Å²) in [5, 5.41) is 116. The van der Waals surface area contributed by atoms with Crippen molar-refractivity contribution in [1.29, 1.82) is 0 Å². The van der Waals surface area contributed by atoms with Gasteiger partial charge in [-0.15, -0.1) is 0 Å². The van der Waals surface area contributed by atoms with E-state index in [9.17, 15) is 97.3 Å². The molecule has 15 atom stereocenters. The fraction of sp³-hybridized carbons (Fsp3) is 0.482. The second-order valence-corrected chi connectivity index (χ2v) is 22.9. The summed E-state index contributed by atoms with van der Waals surface area (Å²) in [5.41, 5.74) is 6.13. The van der Waals surface area contributed by atoms with E-state index in [2.05, 4.69) is 32.2 Å². The number of carbonyl (C=O) groups excluding carboxylic acids is 8. The van der Waals surface area contributed by atoms with E-state index in [0.29, 0.717) is 56.9 Å². The van der Waals surface area contributed by atoms with Gasteiger partial charge in [-0.05, 0) is 67.4 Å². The quantitative estimate of drug-likeness (QED) is 0.0190. The van der Waals surface area contributed by atoms with Gasteiger partial charge in [0.2, 0.25) is 41.4 Å². The zero-order chi connectivity index (χ0) is 65.3. The number of unbranched alkanes of at least 4 members (excludes halogenated alkanes) is 2. The maximum atomic E-state index is 14.7. The molecule has 3 aromatic carbocycles. The van der Waals surface area contributed by atoms with Gasteiger partial charge in [0.1, 0.15) is 66.0 Å². The number of aromatic nitrogens is 1. The van der Waals surface area contributed by atoms with Crippen LogP contribution >= 0.6 is 0 Å². The van der Waals surface area contributed by atoms with Crippen LogP contribution in [0.5, 0.6) is 17.2 Å². The Kier molecular flexibility index (Phi) is 24.8. The molecule has 1 aromatic heterocycles. The van der Waals surface area contributed by atoms with Crippen LogP contribution in [0, 0.1) is 5.92 Å². The number of rotatable bonds is 18. The summed E-state index contributed by atoms with van der Waals surface area (Å²) in [6.45, 7) is 3.72. The third-order valence-electron chi connectivity index (χ3n) is 15.2. The predicted molar refractivity (Wildman–Crippen MR) is 302 cm³/mol. The first-order chi connectivity index (χ1) is 42.0. The van der Waals surface area contributed by atoms with E-state index in [0.717, 1.165) is 32.3 Å². The van der Waals surface area contributed by atoms with E-state index in [1.54, 1.807) is 30.3 Å². The Balaban J connectivity index is 0.0000129. The van der Waals surface area contributed by atoms with E-state index in [1.165, 1.54) is 31.2 Å². The van der Waals surface area contributed by atoms with Crippen molar-refractivity contribution in [3.05, 3.63) is 83.9 Å². The largest absolute Gasteiger partial charge is 1.00 e. The molecule has 32 nitrogen and oxygen atoms in total. The Morgan fingerprint density at radius 1 is 0.800 bits per heavy atom. The Bertz CT molecular complexity index is 3340. The van der Waals surface area contributed by atoms with Crippen molar-refractivity contribution in [2.24, 2.45) is 11.7 Å². The summed E-state index contributed by atoms with van der Waals surface area (Å²) in [7, 11) is -5.60. The van der Waals surface area contributed by atoms with Crippen LogP contribution in [0.15, 0.2) is 77.3 Å².